The van der Waals surface area contributed by atoms with Crippen molar-refractivity contribution < 1.29 is 4.79 Å². The Morgan fingerprint density at radius 1 is 1.11 bits per heavy atom. The average molecular weight is 268 g/mol. The van der Waals surface area contributed by atoms with Crippen LogP contribution in [0, 0.1) is 6.92 Å². The smallest absolute Gasteiger partial charge is 0.156 e. The van der Waals surface area contributed by atoms with Crippen molar-refractivity contribution in [2.24, 2.45) is 0 Å². The largest absolute Gasteiger partial charge is 0.356 e. The molecule has 0 N–H and O–H groups in total. The van der Waals surface area contributed by atoms with Crippen molar-refractivity contribution in [3.63, 3.8) is 0 Å². The first-order chi connectivity index (χ1) is 8.72. The zero-order valence-electron chi connectivity index (χ0n) is 10.7. The minimum atomic E-state index is 0.259. The number of halogens is 1. The monoisotopic (exact) mass is 267 g/mol. The van der Waals surface area contributed by atoms with Gasteiger partial charge in [0.15, 0.2) is 6.29 Å². The van der Waals surface area contributed by atoms with E-state index in [2.05, 4.69) is 14.9 Å². The molecule has 1 aromatic rings. The SMILES string of the molecule is Cc1nc(Cl)c(C=O)c(N2CCCCCCC2)n1. The summed E-state index contributed by atoms with van der Waals surface area (Å²) >= 11 is 6.02. The van der Waals surface area contributed by atoms with Gasteiger partial charge in [-0.2, -0.15) is 0 Å². The summed E-state index contributed by atoms with van der Waals surface area (Å²) in [5.74, 6) is 1.31. The maximum atomic E-state index is 11.2. The van der Waals surface area contributed by atoms with Gasteiger partial charge in [0.2, 0.25) is 0 Å². The van der Waals surface area contributed by atoms with E-state index in [0.29, 0.717) is 17.2 Å². The Kier molecular flexibility index (Phi) is 4.53. The Balaban J connectivity index is 2.32. The lowest BCUT2D eigenvalue weighted by molar-refractivity contribution is 0.112. The quantitative estimate of drug-likeness (QED) is 0.610. The molecule has 1 saturated heterocycles. The predicted molar refractivity (Wildman–Crippen MR) is 72.5 cm³/mol. The van der Waals surface area contributed by atoms with Crippen molar-refractivity contribution >= 4 is 23.7 Å². The van der Waals surface area contributed by atoms with E-state index in [1.165, 1.54) is 19.3 Å². The number of anilines is 1. The van der Waals surface area contributed by atoms with Crippen LogP contribution in [0.4, 0.5) is 5.82 Å². The number of rotatable bonds is 2. The van der Waals surface area contributed by atoms with Crippen LogP contribution in [0.2, 0.25) is 5.15 Å². The number of aryl methyl sites for hydroxylation is 1. The normalized spacial score (nSPS) is 17.1. The van der Waals surface area contributed by atoms with E-state index in [9.17, 15) is 4.79 Å². The summed E-state index contributed by atoms with van der Waals surface area (Å²) in [5.41, 5.74) is 0.419. The van der Waals surface area contributed by atoms with Crippen molar-refractivity contribution in [2.45, 2.75) is 39.0 Å². The first kappa shape index (κ1) is 13.3. The van der Waals surface area contributed by atoms with Gasteiger partial charge in [-0.1, -0.05) is 30.9 Å². The lowest BCUT2D eigenvalue weighted by Gasteiger charge is -2.27. The third kappa shape index (κ3) is 2.99. The first-order valence-corrected chi connectivity index (χ1v) is 6.84. The van der Waals surface area contributed by atoms with Gasteiger partial charge in [-0.15, -0.1) is 0 Å². The molecule has 0 amide bonds. The van der Waals surface area contributed by atoms with Crippen LogP contribution in [-0.4, -0.2) is 29.3 Å². The molecule has 4 nitrogen and oxygen atoms in total. The number of aromatic nitrogens is 2. The van der Waals surface area contributed by atoms with Gasteiger partial charge in [0.25, 0.3) is 0 Å². The molecule has 0 aliphatic carbocycles. The van der Waals surface area contributed by atoms with E-state index in [1.807, 2.05) is 0 Å². The summed E-state index contributed by atoms with van der Waals surface area (Å²) in [6.45, 7) is 3.68. The van der Waals surface area contributed by atoms with Crippen LogP contribution in [0.15, 0.2) is 0 Å². The van der Waals surface area contributed by atoms with E-state index >= 15 is 0 Å². The van der Waals surface area contributed by atoms with Crippen molar-refractivity contribution in [3.8, 4) is 0 Å². The van der Waals surface area contributed by atoms with Gasteiger partial charge in [-0.25, -0.2) is 9.97 Å². The third-order valence-corrected chi connectivity index (χ3v) is 3.55. The van der Waals surface area contributed by atoms with Gasteiger partial charge < -0.3 is 4.90 Å². The highest BCUT2D eigenvalue weighted by atomic mass is 35.5. The Morgan fingerprint density at radius 2 is 1.72 bits per heavy atom. The van der Waals surface area contributed by atoms with Gasteiger partial charge in [-0.05, 0) is 19.8 Å². The van der Waals surface area contributed by atoms with Crippen LogP contribution in [0.25, 0.3) is 0 Å². The fourth-order valence-corrected chi connectivity index (χ4v) is 2.59. The average Bonchev–Trinajstić information content (AvgIpc) is 2.27. The van der Waals surface area contributed by atoms with Gasteiger partial charge in [-0.3, -0.25) is 4.79 Å². The molecule has 2 rings (SSSR count). The number of aldehydes is 1. The first-order valence-electron chi connectivity index (χ1n) is 6.46. The molecule has 1 fully saturated rings. The molecule has 0 unspecified atom stereocenters. The van der Waals surface area contributed by atoms with Crippen molar-refractivity contribution in [3.05, 3.63) is 16.5 Å². The van der Waals surface area contributed by atoms with Crippen molar-refractivity contribution in [2.75, 3.05) is 18.0 Å². The Bertz CT molecular complexity index is 428. The Labute approximate surface area is 112 Å². The number of carbonyl (C=O) groups is 1. The van der Waals surface area contributed by atoms with E-state index in [4.69, 9.17) is 11.6 Å². The highest BCUT2D eigenvalue weighted by Crippen LogP contribution is 2.24. The highest BCUT2D eigenvalue weighted by molar-refractivity contribution is 6.32. The molecule has 0 saturated carbocycles. The molecule has 2 heterocycles. The van der Waals surface area contributed by atoms with Crippen molar-refractivity contribution in [1.82, 2.24) is 9.97 Å². The second kappa shape index (κ2) is 6.14. The van der Waals surface area contributed by atoms with Crippen molar-refractivity contribution in [1.29, 1.82) is 0 Å². The molecule has 5 heteroatoms. The lowest BCUT2D eigenvalue weighted by Crippen LogP contribution is -2.29. The van der Waals surface area contributed by atoms with Crippen LogP contribution in [0.1, 0.15) is 48.3 Å². The molecule has 98 valence electrons. The fourth-order valence-electron chi connectivity index (χ4n) is 2.33. The number of hydrogen-bond acceptors (Lipinski definition) is 4. The second-order valence-electron chi connectivity index (χ2n) is 4.67. The fraction of sp³-hybridized carbons (Fsp3) is 0.615. The molecule has 0 radical (unpaired) electrons. The third-order valence-electron chi connectivity index (χ3n) is 3.26. The second-order valence-corrected chi connectivity index (χ2v) is 5.03. The van der Waals surface area contributed by atoms with E-state index in [0.717, 1.165) is 32.2 Å². The molecule has 0 spiro atoms. The van der Waals surface area contributed by atoms with Gasteiger partial charge in [0, 0.05) is 13.1 Å². The zero-order chi connectivity index (χ0) is 13.0. The molecular weight excluding hydrogens is 250 g/mol. The molecule has 0 aromatic carbocycles. The molecule has 18 heavy (non-hydrogen) atoms. The minimum Gasteiger partial charge on any atom is -0.356 e. The summed E-state index contributed by atoms with van der Waals surface area (Å²) < 4.78 is 0. The molecular formula is C13H18ClN3O. The van der Waals surface area contributed by atoms with E-state index in [-0.39, 0.29) is 5.15 Å². The maximum Gasteiger partial charge on any atom is 0.156 e. The van der Waals surface area contributed by atoms with Crippen LogP contribution in [0.3, 0.4) is 0 Å². The van der Waals surface area contributed by atoms with Gasteiger partial charge in [0.05, 0.1) is 5.56 Å². The molecule has 0 atom stereocenters. The van der Waals surface area contributed by atoms with E-state index < -0.39 is 0 Å². The molecule has 1 aliphatic heterocycles. The topological polar surface area (TPSA) is 46.1 Å². The Hall–Kier alpha value is -1.16. The van der Waals surface area contributed by atoms with Gasteiger partial charge >= 0.3 is 0 Å². The van der Waals surface area contributed by atoms with Crippen LogP contribution < -0.4 is 4.90 Å². The number of nitrogens with zero attached hydrogens (tertiary/aromatic N) is 3. The van der Waals surface area contributed by atoms with Crippen LogP contribution in [0.5, 0.6) is 0 Å². The highest BCUT2D eigenvalue weighted by Gasteiger charge is 2.18. The summed E-state index contributed by atoms with van der Waals surface area (Å²) in [4.78, 5) is 21.8. The Morgan fingerprint density at radius 3 is 2.33 bits per heavy atom. The van der Waals surface area contributed by atoms with Gasteiger partial charge in [0.1, 0.15) is 16.8 Å². The van der Waals surface area contributed by atoms with E-state index in [1.54, 1.807) is 6.92 Å². The molecule has 1 aromatic heterocycles. The van der Waals surface area contributed by atoms with Crippen LogP contribution >= 0.6 is 11.6 Å². The maximum absolute atomic E-state index is 11.2. The summed E-state index contributed by atoms with van der Waals surface area (Å²) in [5, 5.41) is 0.259. The summed E-state index contributed by atoms with van der Waals surface area (Å²) in [6, 6.07) is 0. The summed E-state index contributed by atoms with van der Waals surface area (Å²) in [7, 11) is 0. The standard InChI is InChI=1S/C13H18ClN3O/c1-10-15-12(14)11(9-18)13(16-10)17-7-5-3-2-4-6-8-17/h9H,2-8H2,1H3. The number of carbonyl (C=O) groups excluding carboxylic acids is 1. The summed E-state index contributed by atoms with van der Waals surface area (Å²) in [6.07, 6.45) is 6.82. The molecule has 1 aliphatic rings. The van der Waals surface area contributed by atoms with Crippen LogP contribution in [-0.2, 0) is 0 Å². The predicted octanol–water partition coefficient (Wildman–Crippen LogP) is 3.02. The molecule has 0 bridgehead atoms. The minimum absolute atomic E-state index is 0.259. The zero-order valence-corrected chi connectivity index (χ0v) is 11.4. The lowest BCUT2D eigenvalue weighted by atomic mass is 10.1. The number of hydrogen-bond donors (Lipinski definition) is 0.